The molecule has 0 heterocycles. The number of benzene rings is 10. The lowest BCUT2D eigenvalue weighted by atomic mass is 9.70. The minimum Gasteiger partial charge on any atom is -0.310 e. The summed E-state index contributed by atoms with van der Waals surface area (Å²) in [5, 5.41) is 7.88. The lowest BCUT2D eigenvalue weighted by Crippen LogP contribution is -2.37. The summed E-state index contributed by atoms with van der Waals surface area (Å²) in [6.45, 7) is 23.6. The van der Waals surface area contributed by atoms with Gasteiger partial charge in [0.1, 0.15) is 0 Å². The summed E-state index contributed by atoms with van der Waals surface area (Å²) < 4.78 is 0. The van der Waals surface area contributed by atoms with E-state index in [4.69, 9.17) is 0 Å². The van der Waals surface area contributed by atoms with Crippen LogP contribution in [0.2, 0.25) is 39.3 Å². The summed E-state index contributed by atoms with van der Waals surface area (Å²) in [5.41, 5.74) is 19.8. The molecular weight excluding hydrogens is 913 g/mol. The fourth-order valence-electron chi connectivity index (χ4n) is 12.0. The quantitative estimate of drug-likeness (QED) is 0.126. The Morgan fingerprint density at radius 1 is 0.301 bits per heavy atom. The average Bonchev–Trinajstić information content (AvgIpc) is 3.86. The van der Waals surface area contributed by atoms with E-state index >= 15 is 0 Å². The molecule has 0 aromatic heterocycles. The van der Waals surface area contributed by atoms with Gasteiger partial charge in [-0.15, -0.1) is 0 Å². The van der Waals surface area contributed by atoms with Gasteiger partial charge < -0.3 is 9.80 Å². The van der Waals surface area contributed by atoms with Gasteiger partial charge in [-0.25, -0.2) is 0 Å². The molecule has 4 heteroatoms. The molecule has 0 saturated heterocycles. The van der Waals surface area contributed by atoms with Gasteiger partial charge >= 0.3 is 0 Å². The third kappa shape index (κ3) is 7.80. The van der Waals surface area contributed by atoms with Gasteiger partial charge in [-0.3, -0.25) is 0 Å². The first-order valence-electron chi connectivity index (χ1n) is 26.5. The second-order valence-corrected chi connectivity index (χ2v) is 33.6. The van der Waals surface area contributed by atoms with Gasteiger partial charge in [-0.05, 0) is 186 Å². The zero-order valence-corrected chi connectivity index (χ0v) is 46.2. The summed E-state index contributed by atoms with van der Waals surface area (Å²) in [4.78, 5) is 4.89. The topological polar surface area (TPSA) is 6.48 Å². The zero-order valence-electron chi connectivity index (χ0n) is 44.2. The molecule has 0 amide bonds. The van der Waals surface area contributed by atoms with Crippen molar-refractivity contribution in [3.8, 4) is 22.3 Å². The highest BCUT2D eigenvalue weighted by Gasteiger charge is 2.52. The molecule has 0 aliphatic heterocycles. The highest BCUT2D eigenvalue weighted by atomic mass is 28.3. The molecule has 0 saturated carbocycles. The first-order valence-corrected chi connectivity index (χ1v) is 33.5. The Morgan fingerprint density at radius 3 is 0.973 bits per heavy atom. The SMILES string of the molecule is CC(C)c1ccc(N(c2ccc([Si](C)(C)C)cc2)c2ccc3cc4c(cc3c2)C2(c3ccccc3-c3ccccc32)c2cc3cc(N(c5ccc(C(C)C)cc5)c5ccc([Si](C)(C)C)cc5)ccc3cc2-4)cc1. The van der Waals surface area contributed by atoms with Crippen LogP contribution in [0.5, 0.6) is 0 Å². The Hall–Kier alpha value is -7.25. The molecule has 73 heavy (non-hydrogen) atoms. The van der Waals surface area contributed by atoms with Crippen molar-refractivity contribution in [1.82, 2.24) is 0 Å². The van der Waals surface area contributed by atoms with Gasteiger partial charge in [-0.1, -0.05) is 187 Å². The van der Waals surface area contributed by atoms with E-state index in [1.165, 1.54) is 98.9 Å². The number of anilines is 6. The monoisotopic (exact) mass is 978 g/mol. The summed E-state index contributed by atoms with van der Waals surface area (Å²) in [6, 6.07) is 79.8. The van der Waals surface area contributed by atoms with Crippen molar-refractivity contribution in [2.45, 2.75) is 84.2 Å². The van der Waals surface area contributed by atoms with E-state index in [9.17, 15) is 0 Å². The molecule has 0 bridgehead atoms. The van der Waals surface area contributed by atoms with Gasteiger partial charge in [-0.2, -0.15) is 0 Å². The van der Waals surface area contributed by atoms with Gasteiger partial charge in [0.2, 0.25) is 0 Å². The molecule has 2 aliphatic rings. The van der Waals surface area contributed by atoms with Crippen molar-refractivity contribution in [1.29, 1.82) is 0 Å². The average molecular weight is 979 g/mol. The highest BCUT2D eigenvalue weighted by Crippen LogP contribution is 2.64. The highest BCUT2D eigenvalue weighted by molar-refractivity contribution is 6.89. The van der Waals surface area contributed by atoms with Crippen molar-refractivity contribution >= 4 is 82.2 Å². The fourth-order valence-corrected chi connectivity index (χ4v) is 14.3. The molecule has 0 unspecified atom stereocenters. The van der Waals surface area contributed by atoms with E-state index in [-0.39, 0.29) is 0 Å². The summed E-state index contributed by atoms with van der Waals surface area (Å²) in [5.74, 6) is 0.922. The van der Waals surface area contributed by atoms with Crippen LogP contribution in [0.3, 0.4) is 0 Å². The summed E-state index contributed by atoms with van der Waals surface area (Å²) in [7, 11) is -2.99. The van der Waals surface area contributed by atoms with Crippen molar-refractivity contribution in [2.75, 3.05) is 9.80 Å². The van der Waals surface area contributed by atoms with Crippen molar-refractivity contribution < 1.29 is 0 Å². The normalized spacial score (nSPS) is 13.4. The number of nitrogens with zero attached hydrogens (tertiary/aromatic N) is 2. The van der Waals surface area contributed by atoms with Crippen molar-refractivity contribution in [2.24, 2.45) is 0 Å². The molecular formula is C69H66N2Si2. The maximum atomic E-state index is 2.55. The minimum atomic E-state index is -1.49. The Morgan fingerprint density at radius 2 is 0.630 bits per heavy atom. The maximum Gasteiger partial charge on any atom is 0.0775 e. The molecule has 2 aliphatic carbocycles. The molecule has 10 aromatic rings. The number of fused-ring (bicyclic) bond motifs is 12. The van der Waals surface area contributed by atoms with Crippen LogP contribution in [-0.4, -0.2) is 16.1 Å². The van der Waals surface area contributed by atoms with E-state index < -0.39 is 21.6 Å². The first kappa shape index (κ1) is 46.8. The Kier molecular flexibility index (Phi) is 11.2. The van der Waals surface area contributed by atoms with Crippen LogP contribution in [0.4, 0.5) is 34.1 Å². The van der Waals surface area contributed by atoms with Crippen LogP contribution in [-0.2, 0) is 5.41 Å². The smallest absolute Gasteiger partial charge is 0.0775 e. The van der Waals surface area contributed by atoms with Crippen molar-refractivity contribution in [3.05, 3.63) is 240 Å². The second-order valence-electron chi connectivity index (χ2n) is 23.5. The third-order valence-electron chi connectivity index (χ3n) is 16.1. The van der Waals surface area contributed by atoms with E-state index in [1.807, 2.05) is 0 Å². The van der Waals surface area contributed by atoms with Crippen LogP contribution >= 0.6 is 0 Å². The maximum absolute atomic E-state index is 2.55. The van der Waals surface area contributed by atoms with Crippen LogP contribution < -0.4 is 20.2 Å². The largest absolute Gasteiger partial charge is 0.310 e. The predicted molar refractivity (Wildman–Crippen MR) is 321 cm³/mol. The van der Waals surface area contributed by atoms with E-state index in [1.54, 1.807) is 0 Å². The molecule has 2 nitrogen and oxygen atoms in total. The minimum absolute atomic E-state index is 0.461. The third-order valence-corrected chi connectivity index (χ3v) is 20.2. The second kappa shape index (κ2) is 17.5. The van der Waals surface area contributed by atoms with E-state index in [2.05, 4.69) is 283 Å². The fraction of sp³-hybridized carbons (Fsp3) is 0.188. The lowest BCUT2D eigenvalue weighted by Gasteiger charge is -2.31. The number of hydrogen-bond acceptors (Lipinski definition) is 2. The van der Waals surface area contributed by atoms with E-state index in [0.717, 1.165) is 22.7 Å². The molecule has 0 N–H and O–H groups in total. The van der Waals surface area contributed by atoms with Gasteiger partial charge in [0.15, 0.2) is 0 Å². The van der Waals surface area contributed by atoms with E-state index in [0.29, 0.717) is 11.8 Å². The van der Waals surface area contributed by atoms with Crippen molar-refractivity contribution in [3.63, 3.8) is 0 Å². The molecule has 0 radical (unpaired) electrons. The standard InChI is InChI=1S/C69H66N2Si2/c1-45(2)47-19-25-53(26-20-47)70(55-31-35-59(36-32-55)72(5,6)7)57-29-23-49-41-63-64-42-50-24-30-58(71(54-27-21-48(22-28-54)46(3)4)56-33-37-60(38-34-56)73(8,9)10)40-52(50)44-68(64)69(67(63)43-51(49)39-57)65-17-13-11-15-61(65)62-16-12-14-18-66(62)69/h11-46H,1-10H3. The molecule has 0 fully saturated rings. The molecule has 12 rings (SSSR count). The molecule has 360 valence electrons. The predicted octanol–water partition coefficient (Wildman–Crippen LogP) is 18.6. The molecule has 1 spiro atoms. The Bertz CT molecular complexity index is 3490. The van der Waals surface area contributed by atoms with Crippen LogP contribution in [0.25, 0.3) is 43.8 Å². The van der Waals surface area contributed by atoms with Gasteiger partial charge in [0.25, 0.3) is 0 Å². The van der Waals surface area contributed by atoms with Gasteiger partial charge in [0, 0.05) is 34.1 Å². The Balaban J connectivity index is 1.06. The molecule has 0 atom stereocenters. The summed E-state index contributed by atoms with van der Waals surface area (Å²) in [6.07, 6.45) is 0. The van der Waals surface area contributed by atoms with Gasteiger partial charge in [0.05, 0.1) is 21.6 Å². The lowest BCUT2D eigenvalue weighted by molar-refractivity contribution is 0.796. The summed E-state index contributed by atoms with van der Waals surface area (Å²) >= 11 is 0. The zero-order chi connectivity index (χ0) is 50.6. The number of rotatable bonds is 10. The number of hydrogen-bond donors (Lipinski definition) is 0. The van der Waals surface area contributed by atoms with Crippen LogP contribution in [0, 0.1) is 0 Å². The van der Waals surface area contributed by atoms with Crippen LogP contribution in [0.15, 0.2) is 206 Å². The first-order chi connectivity index (χ1) is 35.1. The molecule has 10 aromatic carbocycles. The van der Waals surface area contributed by atoms with Crippen LogP contribution in [0.1, 0.15) is 72.9 Å². The Labute approximate surface area is 435 Å².